The molecule has 1 heterocycles. The van der Waals surface area contributed by atoms with E-state index in [4.69, 9.17) is 5.21 Å². The summed E-state index contributed by atoms with van der Waals surface area (Å²) < 4.78 is 5.38. The molecule has 1 N–H and O–H groups in total. The maximum atomic E-state index is 11.8. The number of Topliss-reactive ketones (excluding diaryl/α,β-unsaturated/α-hetero) is 1. The van der Waals surface area contributed by atoms with Gasteiger partial charge in [-0.2, -0.15) is 0 Å². The Balaban J connectivity index is 2.74. The summed E-state index contributed by atoms with van der Waals surface area (Å²) >= 11 is 3.19. The molecule has 0 spiro atoms. The molecule has 1 rings (SSSR count). The lowest BCUT2D eigenvalue weighted by Crippen LogP contribution is -2.21. The molecule has 96 valence electrons. The molecular formula is C11H11BrN2O4. The molecule has 0 saturated heterocycles. The third kappa shape index (κ3) is 3.92. The molecule has 1 aromatic heterocycles. The molecule has 0 aromatic carbocycles. The fourth-order valence-electron chi connectivity index (χ4n) is 1.15. The van der Waals surface area contributed by atoms with Crippen molar-refractivity contribution < 1.29 is 19.5 Å². The first-order valence-electron chi connectivity index (χ1n) is 5.11. The highest BCUT2D eigenvalue weighted by molar-refractivity contribution is 9.10. The molecule has 0 aliphatic heterocycles. The molecule has 7 heteroatoms. The largest absolute Gasteiger partial charge is 0.461 e. The van der Waals surface area contributed by atoms with E-state index in [1.165, 1.54) is 12.3 Å². The van der Waals surface area contributed by atoms with Gasteiger partial charge >= 0.3 is 5.97 Å². The number of hydrogen-bond donors (Lipinski definition) is 1. The number of carbonyl (C=O) groups excluding carboxylic acids is 2. The number of hydrogen-bond acceptors (Lipinski definition) is 6. The predicted octanol–water partition coefficient (Wildman–Crippen LogP) is 1.81. The smallest absolute Gasteiger partial charge is 0.356 e. The van der Waals surface area contributed by atoms with Gasteiger partial charge in [-0.1, -0.05) is 5.16 Å². The molecule has 0 aliphatic rings. The van der Waals surface area contributed by atoms with E-state index >= 15 is 0 Å². The Morgan fingerprint density at radius 3 is 2.72 bits per heavy atom. The van der Waals surface area contributed by atoms with Crippen LogP contribution in [0.4, 0.5) is 0 Å². The summed E-state index contributed by atoms with van der Waals surface area (Å²) in [6.07, 6.45) is 1.11. The van der Waals surface area contributed by atoms with Gasteiger partial charge in [-0.25, -0.2) is 4.79 Å². The van der Waals surface area contributed by atoms with Crippen molar-refractivity contribution >= 4 is 33.4 Å². The molecule has 0 radical (unpaired) electrons. The van der Waals surface area contributed by atoms with Crippen molar-refractivity contribution in [3.63, 3.8) is 0 Å². The van der Waals surface area contributed by atoms with E-state index in [0.29, 0.717) is 0 Å². The quantitative estimate of drug-likeness (QED) is 0.294. The average molecular weight is 315 g/mol. The summed E-state index contributed by atoms with van der Waals surface area (Å²) in [6.45, 7) is 1.76. The second kappa shape index (κ2) is 6.85. The van der Waals surface area contributed by atoms with Crippen molar-refractivity contribution in [2.24, 2.45) is 5.16 Å². The van der Waals surface area contributed by atoms with E-state index in [1.807, 2.05) is 0 Å². The molecule has 6 nitrogen and oxygen atoms in total. The van der Waals surface area contributed by atoms with Crippen molar-refractivity contribution in [2.45, 2.75) is 13.3 Å². The minimum absolute atomic E-state index is 0.141. The maximum Gasteiger partial charge on any atom is 0.356 e. The van der Waals surface area contributed by atoms with Crippen molar-refractivity contribution in [3.8, 4) is 0 Å². The van der Waals surface area contributed by atoms with Crippen LogP contribution in [0, 0.1) is 0 Å². The molecule has 0 unspecified atom stereocenters. The van der Waals surface area contributed by atoms with Gasteiger partial charge in [0, 0.05) is 10.7 Å². The summed E-state index contributed by atoms with van der Waals surface area (Å²) in [5.41, 5.74) is -0.157. The molecular weight excluding hydrogens is 304 g/mol. The molecule has 0 fully saturated rings. The third-order valence-corrected chi connectivity index (χ3v) is 2.44. The van der Waals surface area contributed by atoms with Gasteiger partial charge in [0.2, 0.25) is 0 Å². The van der Waals surface area contributed by atoms with Gasteiger partial charge in [0.25, 0.3) is 0 Å². The Bertz CT molecular complexity index is 470. The summed E-state index contributed by atoms with van der Waals surface area (Å²) in [4.78, 5) is 26.9. The van der Waals surface area contributed by atoms with Gasteiger partial charge in [-0.3, -0.25) is 9.78 Å². The number of carbonyl (C=O) groups is 2. The second-order valence-corrected chi connectivity index (χ2v) is 4.14. The van der Waals surface area contributed by atoms with Gasteiger partial charge < -0.3 is 9.94 Å². The number of esters is 1. The van der Waals surface area contributed by atoms with Crippen LogP contribution < -0.4 is 0 Å². The summed E-state index contributed by atoms with van der Waals surface area (Å²) in [7, 11) is 0. The van der Waals surface area contributed by atoms with E-state index in [0.717, 1.165) is 4.47 Å². The summed E-state index contributed by atoms with van der Waals surface area (Å²) in [5, 5.41) is 11.4. The van der Waals surface area contributed by atoms with Crippen LogP contribution in [0.15, 0.2) is 28.0 Å². The number of ether oxygens (including phenoxy) is 1. The molecule has 0 aliphatic carbocycles. The van der Waals surface area contributed by atoms with Crippen LogP contribution in [0.5, 0.6) is 0 Å². The van der Waals surface area contributed by atoms with Crippen LogP contribution in [-0.2, 0) is 9.53 Å². The highest BCUT2D eigenvalue weighted by atomic mass is 79.9. The Morgan fingerprint density at radius 1 is 1.50 bits per heavy atom. The van der Waals surface area contributed by atoms with E-state index in [1.54, 1.807) is 13.0 Å². The summed E-state index contributed by atoms with van der Waals surface area (Å²) in [5.74, 6) is -1.24. The minimum atomic E-state index is -0.814. The molecule has 0 amide bonds. The maximum absolute atomic E-state index is 11.8. The second-order valence-electron chi connectivity index (χ2n) is 3.23. The normalized spacial score (nSPS) is 11.1. The number of oxime groups is 1. The van der Waals surface area contributed by atoms with Crippen LogP contribution in [-0.4, -0.2) is 34.3 Å². The first kappa shape index (κ1) is 14.3. The van der Waals surface area contributed by atoms with Crippen LogP contribution in [0.3, 0.4) is 0 Å². The standard InChI is InChI=1S/C11H11BrN2O4/c1-2-18-11(16)9(14-17)5-10(15)8-4-3-7(12)6-13-8/h3-4,6,17H,2,5H2,1H3/b14-9+. The van der Waals surface area contributed by atoms with Gasteiger partial charge in [0.1, 0.15) is 5.69 Å². The van der Waals surface area contributed by atoms with Crippen molar-refractivity contribution in [2.75, 3.05) is 6.61 Å². The number of pyridine rings is 1. The number of ketones is 1. The zero-order valence-corrected chi connectivity index (χ0v) is 11.2. The average Bonchev–Trinajstić information content (AvgIpc) is 2.36. The molecule has 18 heavy (non-hydrogen) atoms. The van der Waals surface area contributed by atoms with Crippen molar-refractivity contribution in [3.05, 3.63) is 28.5 Å². The van der Waals surface area contributed by atoms with Crippen molar-refractivity contribution in [1.29, 1.82) is 0 Å². The molecule has 0 bridgehead atoms. The minimum Gasteiger partial charge on any atom is -0.461 e. The zero-order valence-electron chi connectivity index (χ0n) is 9.59. The SMILES string of the molecule is CCOC(=O)/C(CC(=O)c1ccc(Br)cn1)=N/O. The topological polar surface area (TPSA) is 88.9 Å². The number of halogens is 1. The van der Waals surface area contributed by atoms with Crippen LogP contribution in [0.2, 0.25) is 0 Å². The van der Waals surface area contributed by atoms with Gasteiger partial charge in [-0.15, -0.1) is 0 Å². The first-order chi connectivity index (χ1) is 8.58. The lowest BCUT2D eigenvalue weighted by Gasteiger charge is -2.03. The Morgan fingerprint density at radius 2 is 2.22 bits per heavy atom. The van der Waals surface area contributed by atoms with Gasteiger partial charge in [0.15, 0.2) is 11.5 Å². The van der Waals surface area contributed by atoms with E-state index in [2.05, 4.69) is 30.8 Å². The first-order valence-corrected chi connectivity index (χ1v) is 5.90. The van der Waals surface area contributed by atoms with Crippen LogP contribution in [0.1, 0.15) is 23.8 Å². The Kier molecular flexibility index (Phi) is 5.44. The van der Waals surface area contributed by atoms with E-state index in [-0.39, 0.29) is 24.4 Å². The summed E-state index contributed by atoms with van der Waals surface area (Å²) in [6, 6.07) is 3.16. The monoisotopic (exact) mass is 314 g/mol. The molecule has 0 atom stereocenters. The van der Waals surface area contributed by atoms with E-state index in [9.17, 15) is 9.59 Å². The molecule has 0 saturated carbocycles. The predicted molar refractivity (Wildman–Crippen MR) is 66.7 cm³/mol. The fourth-order valence-corrected chi connectivity index (χ4v) is 1.38. The zero-order chi connectivity index (χ0) is 13.5. The highest BCUT2D eigenvalue weighted by Gasteiger charge is 2.19. The third-order valence-electron chi connectivity index (χ3n) is 1.97. The van der Waals surface area contributed by atoms with Gasteiger partial charge in [-0.05, 0) is 35.0 Å². The highest BCUT2D eigenvalue weighted by Crippen LogP contribution is 2.09. The lowest BCUT2D eigenvalue weighted by atomic mass is 10.1. The number of rotatable bonds is 5. The van der Waals surface area contributed by atoms with Crippen LogP contribution >= 0.6 is 15.9 Å². The lowest BCUT2D eigenvalue weighted by molar-refractivity contribution is -0.135. The Hall–Kier alpha value is -1.76. The fraction of sp³-hybridized carbons (Fsp3) is 0.273. The van der Waals surface area contributed by atoms with E-state index < -0.39 is 11.8 Å². The van der Waals surface area contributed by atoms with Gasteiger partial charge in [0.05, 0.1) is 13.0 Å². The molecule has 1 aromatic rings. The number of nitrogens with zero attached hydrogens (tertiary/aromatic N) is 2. The van der Waals surface area contributed by atoms with Crippen molar-refractivity contribution in [1.82, 2.24) is 4.98 Å². The van der Waals surface area contributed by atoms with Crippen LogP contribution in [0.25, 0.3) is 0 Å². The number of aromatic nitrogens is 1. The Labute approximate surface area is 112 Å².